The van der Waals surface area contributed by atoms with Crippen molar-refractivity contribution in [1.82, 2.24) is 14.1 Å². The van der Waals surface area contributed by atoms with Gasteiger partial charge in [0.2, 0.25) is 0 Å². The van der Waals surface area contributed by atoms with E-state index in [9.17, 15) is 0 Å². The monoisotopic (exact) mass is 1150 g/mol. The number of benzene rings is 8. The summed E-state index contributed by atoms with van der Waals surface area (Å²) in [5.41, 5.74) is 21.8. The number of pyridine rings is 1. The van der Waals surface area contributed by atoms with E-state index in [1.807, 2.05) is 6.20 Å². The number of hydrogen-bond acceptors (Lipinski definition) is 2. The molecule has 0 aliphatic heterocycles. The van der Waals surface area contributed by atoms with Crippen molar-refractivity contribution in [3.8, 4) is 62.1 Å². The standard InChI is InChI=1S/C82H92N4O/c1-76(2,3)56-36-37-83-74(48-56)86-70-31-23-22-28-68(70)69-34-33-65(50-72(69)86)87-64-27-24-26-63(49-64)84-51-85(71-35-32-52(44-73(71)84)53-38-57(77(4,5)6)45-58(39-53)78(7,8)9)75-66(54-40-59(79(10,11)12)46-60(41-54)80(13,14)15)29-25-30-67(75)55-42-61(81(16,17)18)47-62(43-55)82(19,20)21/h22-50H,1-21H3. The fraction of sp³-hybridized carbons (Fsp3) is 0.341. The van der Waals surface area contributed by atoms with Crippen LogP contribution in [-0.2, 0) is 37.9 Å². The van der Waals surface area contributed by atoms with Gasteiger partial charge in [-0.3, -0.25) is 13.7 Å². The second-order valence-corrected chi connectivity index (χ2v) is 31.9. The number of rotatable bonds is 8. The Labute approximate surface area is 520 Å². The molecule has 0 bridgehead atoms. The molecule has 3 heterocycles. The fourth-order valence-corrected chi connectivity index (χ4v) is 11.9. The number of imidazole rings is 1. The largest absolute Gasteiger partial charge is 0.458 e. The quantitative estimate of drug-likeness (QED) is 0.112. The van der Waals surface area contributed by atoms with Gasteiger partial charge in [0.25, 0.3) is 6.33 Å². The van der Waals surface area contributed by atoms with Crippen LogP contribution in [0, 0.1) is 6.33 Å². The van der Waals surface area contributed by atoms with E-state index in [-0.39, 0.29) is 37.9 Å². The molecule has 0 N–H and O–H groups in total. The van der Waals surface area contributed by atoms with Gasteiger partial charge in [-0.2, -0.15) is 0 Å². The Kier molecular flexibility index (Phi) is 14.9. The van der Waals surface area contributed by atoms with Crippen LogP contribution in [0.1, 0.15) is 184 Å². The van der Waals surface area contributed by atoms with Gasteiger partial charge in [0.15, 0.2) is 0 Å². The molecule has 5 heteroatoms. The molecule has 0 saturated carbocycles. The first-order chi connectivity index (χ1) is 40.5. The highest BCUT2D eigenvalue weighted by molar-refractivity contribution is 6.09. The minimum Gasteiger partial charge on any atom is -0.458 e. The van der Waals surface area contributed by atoms with Gasteiger partial charge in [-0.05, 0) is 165 Å². The van der Waals surface area contributed by atoms with Crippen molar-refractivity contribution in [2.75, 3.05) is 0 Å². The highest BCUT2D eigenvalue weighted by Crippen LogP contribution is 2.44. The van der Waals surface area contributed by atoms with Gasteiger partial charge in [0.1, 0.15) is 17.3 Å². The Morgan fingerprint density at radius 3 is 1.34 bits per heavy atom. The Morgan fingerprint density at radius 2 is 0.828 bits per heavy atom. The third kappa shape index (κ3) is 12.1. The molecule has 0 aliphatic rings. The van der Waals surface area contributed by atoms with Crippen molar-refractivity contribution in [3.05, 3.63) is 221 Å². The Bertz CT molecular complexity index is 4260. The summed E-state index contributed by atoms with van der Waals surface area (Å²) < 4.78 is 13.9. The molecular weight excluding hydrogens is 1060 g/mol. The molecule has 0 saturated heterocycles. The van der Waals surface area contributed by atoms with Crippen LogP contribution in [0.15, 0.2) is 176 Å². The highest BCUT2D eigenvalue weighted by Gasteiger charge is 2.29. The predicted octanol–water partition coefficient (Wildman–Crippen LogP) is 22.1. The molecule has 87 heavy (non-hydrogen) atoms. The van der Waals surface area contributed by atoms with Crippen molar-refractivity contribution in [2.45, 2.75) is 183 Å². The summed E-state index contributed by atoms with van der Waals surface area (Å²) in [5.74, 6) is 2.34. The van der Waals surface area contributed by atoms with Gasteiger partial charge in [-0.1, -0.05) is 255 Å². The minimum atomic E-state index is -0.0915. The van der Waals surface area contributed by atoms with Gasteiger partial charge in [-0.25, -0.2) is 4.98 Å². The van der Waals surface area contributed by atoms with Gasteiger partial charge in [0, 0.05) is 23.0 Å². The molecule has 3 aromatic heterocycles. The van der Waals surface area contributed by atoms with E-state index >= 15 is 0 Å². The van der Waals surface area contributed by atoms with Crippen LogP contribution in [0.5, 0.6) is 11.5 Å². The summed E-state index contributed by atoms with van der Waals surface area (Å²) in [5, 5.41) is 2.31. The second-order valence-electron chi connectivity index (χ2n) is 31.9. The average molecular weight is 1150 g/mol. The zero-order valence-corrected chi connectivity index (χ0v) is 55.9. The minimum absolute atomic E-state index is 0.0414. The lowest BCUT2D eigenvalue weighted by atomic mass is 9.77. The normalized spacial score (nSPS) is 13.1. The summed E-state index contributed by atoms with van der Waals surface area (Å²) in [4.78, 5) is 4.97. The smallest absolute Gasteiger partial charge is 0.269 e. The van der Waals surface area contributed by atoms with E-state index < -0.39 is 0 Å². The number of nitrogens with zero attached hydrogens (tertiary/aromatic N) is 4. The van der Waals surface area contributed by atoms with Crippen molar-refractivity contribution in [2.24, 2.45) is 0 Å². The van der Waals surface area contributed by atoms with Crippen LogP contribution in [0.25, 0.3) is 83.4 Å². The van der Waals surface area contributed by atoms with E-state index in [1.54, 1.807) is 0 Å². The zero-order chi connectivity index (χ0) is 62.7. The highest BCUT2D eigenvalue weighted by atomic mass is 16.5. The fourth-order valence-electron chi connectivity index (χ4n) is 11.9. The molecule has 0 radical (unpaired) electrons. The first kappa shape index (κ1) is 60.7. The molecular formula is C82H92N4O. The molecule has 11 aromatic rings. The molecule has 0 spiro atoms. The van der Waals surface area contributed by atoms with Crippen LogP contribution in [0.3, 0.4) is 0 Å². The summed E-state index contributed by atoms with van der Waals surface area (Å²) in [6, 6.07) is 63.7. The lowest BCUT2D eigenvalue weighted by Crippen LogP contribution is -2.31. The zero-order valence-electron chi connectivity index (χ0n) is 55.9. The first-order valence-electron chi connectivity index (χ1n) is 31.4. The molecule has 0 atom stereocenters. The summed E-state index contributed by atoms with van der Waals surface area (Å²) >= 11 is 0. The summed E-state index contributed by atoms with van der Waals surface area (Å²) in [6.07, 6.45) is 6.04. The second kappa shape index (κ2) is 21.4. The Balaban J connectivity index is 1.18. The van der Waals surface area contributed by atoms with E-state index in [0.29, 0.717) is 0 Å². The predicted molar refractivity (Wildman–Crippen MR) is 370 cm³/mol. The van der Waals surface area contributed by atoms with Crippen molar-refractivity contribution < 1.29 is 9.30 Å². The lowest BCUT2D eigenvalue weighted by Gasteiger charge is -2.28. The molecule has 446 valence electrons. The molecule has 0 fully saturated rings. The summed E-state index contributed by atoms with van der Waals surface area (Å²) in [6.45, 7) is 48.6. The molecule has 5 nitrogen and oxygen atoms in total. The topological polar surface area (TPSA) is 35.9 Å². The molecule has 0 amide bonds. The van der Waals surface area contributed by atoms with Crippen molar-refractivity contribution >= 4 is 32.8 Å². The average Bonchev–Trinajstić information content (AvgIpc) is 1.69. The molecule has 11 rings (SSSR count). The van der Waals surface area contributed by atoms with E-state index in [4.69, 9.17) is 9.72 Å². The SMILES string of the molecule is CC(C)(C)c1cc(-c2ccc3c(c2)n(-c2cccc(Oc4ccc5c6ccccc6n(-c6cc(C(C)(C)C)ccn6)c5c4)c2)[c-][n+]3-c2c(-c3cc(C(C)(C)C)cc(C(C)(C)C)c3)cccc2-c2cc(C(C)(C)C)cc(C(C)(C)C)c2)cc(C(C)(C)C)c1. The number of para-hydroxylation sites is 2. The van der Waals surface area contributed by atoms with E-state index in [0.717, 1.165) is 72.8 Å². The lowest BCUT2D eigenvalue weighted by molar-refractivity contribution is -0.571. The third-order valence-corrected chi connectivity index (χ3v) is 17.7. The number of ether oxygens (including phenoxy) is 1. The number of hydrogen-bond donors (Lipinski definition) is 0. The number of aromatic nitrogens is 4. The van der Waals surface area contributed by atoms with E-state index in [1.165, 1.54) is 61.0 Å². The number of fused-ring (bicyclic) bond motifs is 4. The maximum atomic E-state index is 7.04. The van der Waals surface area contributed by atoms with Crippen LogP contribution in [-0.4, -0.2) is 14.1 Å². The van der Waals surface area contributed by atoms with Crippen LogP contribution < -0.4 is 9.30 Å². The van der Waals surface area contributed by atoms with Gasteiger partial charge in [-0.15, -0.1) is 0 Å². The van der Waals surface area contributed by atoms with Gasteiger partial charge in [0.05, 0.1) is 33.4 Å². The van der Waals surface area contributed by atoms with Gasteiger partial charge >= 0.3 is 0 Å². The van der Waals surface area contributed by atoms with Crippen LogP contribution in [0.4, 0.5) is 0 Å². The molecule has 8 aromatic carbocycles. The van der Waals surface area contributed by atoms with Crippen LogP contribution in [0.2, 0.25) is 0 Å². The molecule has 0 unspecified atom stereocenters. The van der Waals surface area contributed by atoms with Crippen LogP contribution >= 0.6 is 0 Å². The van der Waals surface area contributed by atoms with Crippen molar-refractivity contribution in [1.29, 1.82) is 0 Å². The maximum absolute atomic E-state index is 7.04. The van der Waals surface area contributed by atoms with E-state index in [2.05, 4.69) is 335 Å². The Morgan fingerprint density at radius 1 is 0.356 bits per heavy atom. The third-order valence-electron chi connectivity index (χ3n) is 17.7. The van der Waals surface area contributed by atoms with Crippen molar-refractivity contribution in [3.63, 3.8) is 0 Å². The molecule has 0 aliphatic carbocycles. The Hall–Kier alpha value is -8.02. The maximum Gasteiger partial charge on any atom is 0.269 e. The van der Waals surface area contributed by atoms with Gasteiger partial charge < -0.3 is 4.74 Å². The summed E-state index contributed by atoms with van der Waals surface area (Å²) in [7, 11) is 0. The first-order valence-corrected chi connectivity index (χ1v) is 31.4.